The molecule has 0 saturated carbocycles. The smallest absolute Gasteiger partial charge is 0.0782 e. The van der Waals surface area contributed by atoms with Crippen molar-refractivity contribution in [3.05, 3.63) is 11.9 Å². The van der Waals surface area contributed by atoms with E-state index in [1.807, 2.05) is 17.9 Å². The molecule has 1 fully saturated rings. The maximum Gasteiger partial charge on any atom is 0.0782 e. The van der Waals surface area contributed by atoms with Gasteiger partial charge in [-0.1, -0.05) is 0 Å². The second-order valence-corrected chi connectivity index (χ2v) is 4.06. The highest BCUT2D eigenvalue weighted by Crippen LogP contribution is 2.22. The summed E-state index contributed by atoms with van der Waals surface area (Å²) < 4.78 is 1.92. The molecule has 0 radical (unpaired) electrons. The molecule has 1 aromatic rings. The first kappa shape index (κ1) is 9.52. The number of aryl methyl sites for hydroxylation is 1. The van der Waals surface area contributed by atoms with E-state index >= 15 is 0 Å². The van der Waals surface area contributed by atoms with Gasteiger partial charge in [-0.3, -0.25) is 4.68 Å². The third kappa shape index (κ3) is 1.62. The number of hydrogen-bond donors (Lipinski definition) is 1. The number of aromatic nitrogens is 2. The first-order chi connectivity index (χ1) is 6.68. The topological polar surface area (TPSA) is 47.1 Å². The number of hydrogen-bond acceptors (Lipinski definition) is 3. The van der Waals surface area contributed by atoms with Crippen molar-refractivity contribution in [2.45, 2.75) is 25.8 Å². The van der Waals surface area contributed by atoms with Crippen molar-refractivity contribution in [3.8, 4) is 0 Å². The zero-order valence-corrected chi connectivity index (χ0v) is 8.90. The lowest BCUT2D eigenvalue weighted by Gasteiger charge is -2.31. The first-order valence-electron chi connectivity index (χ1n) is 5.17. The van der Waals surface area contributed by atoms with E-state index in [1.165, 1.54) is 11.4 Å². The summed E-state index contributed by atoms with van der Waals surface area (Å²) in [5.74, 6) is 0. The number of nitrogens with two attached hydrogens (primary N) is 1. The Morgan fingerprint density at radius 2 is 2.07 bits per heavy atom. The molecule has 0 unspecified atom stereocenters. The molecule has 1 saturated heterocycles. The molecule has 0 aromatic carbocycles. The van der Waals surface area contributed by atoms with Gasteiger partial charge in [-0.25, -0.2) is 0 Å². The highest BCUT2D eigenvalue weighted by molar-refractivity contribution is 5.49. The van der Waals surface area contributed by atoms with Gasteiger partial charge < -0.3 is 10.6 Å². The van der Waals surface area contributed by atoms with Crippen LogP contribution in [-0.4, -0.2) is 28.9 Å². The van der Waals surface area contributed by atoms with Gasteiger partial charge in [0.05, 0.1) is 17.6 Å². The number of rotatable bonds is 1. The largest absolute Gasteiger partial charge is 0.369 e. The van der Waals surface area contributed by atoms with Crippen LogP contribution in [0, 0.1) is 6.92 Å². The molecule has 2 rings (SSSR count). The van der Waals surface area contributed by atoms with Gasteiger partial charge in [0.1, 0.15) is 0 Å². The molecule has 1 aliphatic rings. The van der Waals surface area contributed by atoms with Crippen LogP contribution in [0.3, 0.4) is 0 Å². The summed E-state index contributed by atoms with van der Waals surface area (Å²) in [7, 11) is 1.98. The first-order valence-corrected chi connectivity index (χ1v) is 5.17. The van der Waals surface area contributed by atoms with Crippen LogP contribution >= 0.6 is 0 Å². The average Bonchev–Trinajstić information content (AvgIpc) is 2.50. The SMILES string of the molecule is Cc1c(N2CCC(N)CC2)cnn1C. The minimum atomic E-state index is 0.392. The van der Waals surface area contributed by atoms with Crippen molar-refractivity contribution >= 4 is 5.69 Å². The van der Waals surface area contributed by atoms with Crippen molar-refractivity contribution in [1.29, 1.82) is 0 Å². The molecular formula is C10H18N4. The van der Waals surface area contributed by atoms with Gasteiger partial charge in [0.2, 0.25) is 0 Å². The third-order valence-electron chi connectivity index (χ3n) is 3.09. The van der Waals surface area contributed by atoms with E-state index in [0.717, 1.165) is 25.9 Å². The second-order valence-electron chi connectivity index (χ2n) is 4.06. The van der Waals surface area contributed by atoms with Gasteiger partial charge in [0.15, 0.2) is 0 Å². The van der Waals surface area contributed by atoms with E-state index in [1.54, 1.807) is 0 Å². The highest BCUT2D eigenvalue weighted by Gasteiger charge is 2.18. The maximum absolute atomic E-state index is 5.87. The Bertz CT molecular complexity index is 310. The summed E-state index contributed by atoms with van der Waals surface area (Å²) in [5, 5.41) is 4.25. The van der Waals surface area contributed by atoms with Crippen LogP contribution in [0.5, 0.6) is 0 Å². The zero-order chi connectivity index (χ0) is 10.1. The van der Waals surface area contributed by atoms with Crippen LogP contribution in [0.25, 0.3) is 0 Å². The molecule has 4 nitrogen and oxygen atoms in total. The zero-order valence-electron chi connectivity index (χ0n) is 8.90. The molecule has 0 amide bonds. The highest BCUT2D eigenvalue weighted by atomic mass is 15.3. The van der Waals surface area contributed by atoms with Gasteiger partial charge in [-0.2, -0.15) is 5.10 Å². The van der Waals surface area contributed by atoms with Crippen molar-refractivity contribution < 1.29 is 0 Å². The van der Waals surface area contributed by atoms with Gasteiger partial charge in [-0.05, 0) is 19.8 Å². The summed E-state index contributed by atoms with van der Waals surface area (Å²) in [5.41, 5.74) is 8.37. The van der Waals surface area contributed by atoms with Crippen molar-refractivity contribution in [1.82, 2.24) is 9.78 Å². The Hall–Kier alpha value is -1.03. The Labute approximate surface area is 84.7 Å². The van der Waals surface area contributed by atoms with E-state index in [4.69, 9.17) is 5.73 Å². The summed E-state index contributed by atoms with van der Waals surface area (Å²) >= 11 is 0. The third-order valence-corrected chi connectivity index (χ3v) is 3.09. The lowest BCUT2D eigenvalue weighted by atomic mass is 10.1. The molecule has 1 aliphatic heterocycles. The fourth-order valence-electron chi connectivity index (χ4n) is 1.94. The van der Waals surface area contributed by atoms with E-state index in [-0.39, 0.29) is 0 Å². The quantitative estimate of drug-likeness (QED) is 0.714. The second kappa shape index (κ2) is 3.61. The Morgan fingerprint density at radius 3 is 2.57 bits per heavy atom. The molecule has 78 valence electrons. The van der Waals surface area contributed by atoms with Crippen LogP contribution in [0.1, 0.15) is 18.5 Å². The standard InChI is InChI=1S/C10H18N4/c1-8-10(7-12-13(8)2)14-5-3-9(11)4-6-14/h7,9H,3-6,11H2,1-2H3. The molecule has 1 aromatic heterocycles. The van der Waals surface area contributed by atoms with Gasteiger partial charge in [0, 0.05) is 26.2 Å². The van der Waals surface area contributed by atoms with Crippen molar-refractivity contribution in [2.24, 2.45) is 12.8 Å². The molecule has 0 bridgehead atoms. The van der Waals surface area contributed by atoms with Crippen molar-refractivity contribution in [3.63, 3.8) is 0 Å². The normalized spacial score (nSPS) is 18.9. The predicted octanol–water partition coefficient (Wildman–Crippen LogP) is 0.656. The van der Waals surface area contributed by atoms with Crippen LogP contribution < -0.4 is 10.6 Å². The van der Waals surface area contributed by atoms with Crippen LogP contribution in [0.2, 0.25) is 0 Å². The maximum atomic E-state index is 5.87. The lowest BCUT2D eigenvalue weighted by molar-refractivity contribution is 0.500. The summed E-state index contributed by atoms with van der Waals surface area (Å²) in [6, 6.07) is 0.392. The van der Waals surface area contributed by atoms with E-state index in [0.29, 0.717) is 6.04 Å². The minimum Gasteiger partial charge on any atom is -0.369 e. The van der Waals surface area contributed by atoms with Gasteiger partial charge >= 0.3 is 0 Å². The van der Waals surface area contributed by atoms with Gasteiger partial charge in [0.25, 0.3) is 0 Å². The molecule has 4 heteroatoms. The van der Waals surface area contributed by atoms with E-state index in [9.17, 15) is 0 Å². The van der Waals surface area contributed by atoms with E-state index < -0.39 is 0 Å². The monoisotopic (exact) mass is 194 g/mol. The molecule has 2 heterocycles. The summed E-state index contributed by atoms with van der Waals surface area (Å²) in [4.78, 5) is 2.38. The Morgan fingerprint density at radius 1 is 1.43 bits per heavy atom. The minimum absolute atomic E-state index is 0.392. The molecule has 2 N–H and O–H groups in total. The Kier molecular flexibility index (Phi) is 2.46. The van der Waals surface area contributed by atoms with Crippen LogP contribution in [0.15, 0.2) is 6.20 Å². The molecule has 0 atom stereocenters. The summed E-state index contributed by atoms with van der Waals surface area (Å²) in [6.07, 6.45) is 4.13. The Balaban J connectivity index is 2.12. The lowest BCUT2D eigenvalue weighted by Crippen LogP contribution is -2.39. The predicted molar refractivity (Wildman–Crippen MR) is 57.4 cm³/mol. The fourth-order valence-corrected chi connectivity index (χ4v) is 1.94. The fraction of sp³-hybridized carbons (Fsp3) is 0.700. The number of piperidine rings is 1. The number of nitrogens with zero attached hydrogens (tertiary/aromatic N) is 3. The van der Waals surface area contributed by atoms with Crippen LogP contribution in [-0.2, 0) is 7.05 Å². The van der Waals surface area contributed by atoms with Crippen LogP contribution in [0.4, 0.5) is 5.69 Å². The molecule has 14 heavy (non-hydrogen) atoms. The van der Waals surface area contributed by atoms with Crippen molar-refractivity contribution in [2.75, 3.05) is 18.0 Å². The average molecular weight is 194 g/mol. The number of anilines is 1. The molecule has 0 spiro atoms. The summed E-state index contributed by atoms with van der Waals surface area (Å²) in [6.45, 7) is 4.23. The van der Waals surface area contributed by atoms with Gasteiger partial charge in [-0.15, -0.1) is 0 Å². The molecular weight excluding hydrogens is 176 g/mol. The molecule has 0 aliphatic carbocycles. The van der Waals surface area contributed by atoms with E-state index in [2.05, 4.69) is 16.9 Å².